The number of benzene rings is 2. The van der Waals surface area contributed by atoms with Crippen LogP contribution in [0.15, 0.2) is 60.9 Å². The molecular formula is C21H15Cl4N5O2. The lowest BCUT2D eigenvalue weighted by molar-refractivity contribution is 0.101. The average Bonchev–Trinajstić information content (AvgIpc) is 3.37. The number of aromatic nitrogens is 4. The van der Waals surface area contributed by atoms with Crippen LogP contribution in [0.1, 0.15) is 16.1 Å². The predicted molar refractivity (Wildman–Crippen MR) is 125 cm³/mol. The maximum absolute atomic E-state index is 12.6. The third kappa shape index (κ3) is 5.37. The van der Waals surface area contributed by atoms with E-state index in [0.29, 0.717) is 32.9 Å². The summed E-state index contributed by atoms with van der Waals surface area (Å²) in [6.07, 6.45) is 3.21. The molecule has 2 heterocycles. The van der Waals surface area contributed by atoms with Gasteiger partial charge < -0.3 is 10.1 Å². The molecular weight excluding hydrogens is 496 g/mol. The lowest BCUT2D eigenvalue weighted by Crippen LogP contribution is -2.15. The van der Waals surface area contributed by atoms with Crippen LogP contribution in [0, 0.1) is 0 Å². The van der Waals surface area contributed by atoms with E-state index < -0.39 is 5.91 Å². The number of carbonyl (C=O) groups excluding carboxylic acids is 1. The number of ether oxygens (including phenoxy) is 1. The van der Waals surface area contributed by atoms with Crippen LogP contribution in [0.25, 0.3) is 0 Å². The van der Waals surface area contributed by atoms with E-state index in [1.54, 1.807) is 65.6 Å². The molecule has 0 spiro atoms. The van der Waals surface area contributed by atoms with Crippen molar-refractivity contribution in [3.63, 3.8) is 0 Å². The molecule has 1 N–H and O–H groups in total. The van der Waals surface area contributed by atoms with Gasteiger partial charge >= 0.3 is 0 Å². The second-order valence-electron chi connectivity index (χ2n) is 6.65. The fourth-order valence-corrected chi connectivity index (χ4v) is 3.65. The van der Waals surface area contributed by atoms with E-state index in [9.17, 15) is 4.79 Å². The molecule has 0 saturated carbocycles. The minimum atomic E-state index is -0.460. The van der Waals surface area contributed by atoms with Crippen LogP contribution in [0.5, 0.6) is 5.75 Å². The van der Waals surface area contributed by atoms with Gasteiger partial charge in [-0.15, -0.1) is 0 Å². The number of nitrogens with one attached hydrogen (secondary N) is 1. The summed E-state index contributed by atoms with van der Waals surface area (Å²) < 4.78 is 8.64. The number of amides is 1. The number of hydrogen-bond donors (Lipinski definition) is 1. The number of anilines is 1. The minimum absolute atomic E-state index is 0.128. The van der Waals surface area contributed by atoms with Gasteiger partial charge in [0.25, 0.3) is 5.91 Å². The Kier molecular flexibility index (Phi) is 6.91. The first kappa shape index (κ1) is 22.5. The first-order valence-corrected chi connectivity index (χ1v) is 10.8. The summed E-state index contributed by atoms with van der Waals surface area (Å²) in [5.74, 6) is 0.372. The van der Waals surface area contributed by atoms with Gasteiger partial charge in [-0.05, 0) is 42.5 Å². The fraction of sp³-hybridized carbons (Fsp3) is 0.0952. The lowest BCUT2D eigenvalue weighted by atomic mass is 10.2. The van der Waals surface area contributed by atoms with Crippen molar-refractivity contribution >= 4 is 58.1 Å². The molecule has 1 amide bonds. The Morgan fingerprint density at radius 1 is 0.906 bits per heavy atom. The first-order chi connectivity index (χ1) is 15.4. The van der Waals surface area contributed by atoms with Crippen LogP contribution in [0.4, 0.5) is 5.82 Å². The van der Waals surface area contributed by atoms with Gasteiger partial charge in [0.2, 0.25) is 0 Å². The molecule has 2 aromatic carbocycles. The van der Waals surface area contributed by atoms with Crippen molar-refractivity contribution < 1.29 is 9.53 Å². The molecule has 0 aliphatic heterocycles. The van der Waals surface area contributed by atoms with Crippen molar-refractivity contribution in [3.8, 4) is 5.75 Å². The molecule has 32 heavy (non-hydrogen) atoms. The molecule has 0 bridgehead atoms. The van der Waals surface area contributed by atoms with Gasteiger partial charge in [0.15, 0.2) is 18.2 Å². The molecule has 7 nitrogen and oxygen atoms in total. The Balaban J connectivity index is 1.39. The second kappa shape index (κ2) is 9.83. The summed E-state index contributed by atoms with van der Waals surface area (Å²) in [5, 5.41) is 13.1. The molecule has 164 valence electrons. The molecule has 0 aliphatic rings. The third-order valence-electron chi connectivity index (χ3n) is 4.38. The Labute approximate surface area is 203 Å². The van der Waals surface area contributed by atoms with Gasteiger partial charge in [0.05, 0.1) is 6.54 Å². The largest absolute Gasteiger partial charge is 0.471 e. The topological polar surface area (TPSA) is 74.0 Å². The molecule has 0 radical (unpaired) electrons. The lowest BCUT2D eigenvalue weighted by Gasteiger charge is -2.07. The van der Waals surface area contributed by atoms with Crippen LogP contribution in [0.2, 0.25) is 20.1 Å². The third-order valence-corrected chi connectivity index (χ3v) is 5.62. The summed E-state index contributed by atoms with van der Waals surface area (Å²) in [7, 11) is 0. The highest BCUT2D eigenvalue weighted by Crippen LogP contribution is 2.27. The zero-order chi connectivity index (χ0) is 22.7. The van der Waals surface area contributed by atoms with Crippen LogP contribution in [0.3, 0.4) is 0 Å². The Bertz CT molecular complexity index is 1230. The monoisotopic (exact) mass is 509 g/mol. The summed E-state index contributed by atoms with van der Waals surface area (Å²) >= 11 is 24.5. The number of halogens is 4. The van der Waals surface area contributed by atoms with Crippen molar-refractivity contribution in [2.24, 2.45) is 0 Å². The van der Waals surface area contributed by atoms with Crippen molar-refractivity contribution in [3.05, 3.63) is 92.3 Å². The molecule has 11 heteroatoms. The summed E-state index contributed by atoms with van der Waals surface area (Å²) in [6.45, 7) is 0.424. The summed E-state index contributed by atoms with van der Waals surface area (Å²) in [4.78, 5) is 12.6. The van der Waals surface area contributed by atoms with E-state index in [1.165, 1.54) is 4.68 Å². The van der Waals surface area contributed by atoms with Gasteiger partial charge in [-0.3, -0.25) is 9.48 Å². The molecule has 0 saturated heterocycles. The number of rotatable bonds is 7. The molecule has 0 unspecified atom stereocenters. The highest BCUT2D eigenvalue weighted by atomic mass is 35.5. The number of hydrogen-bond acceptors (Lipinski definition) is 4. The zero-order valence-electron chi connectivity index (χ0n) is 16.3. The van der Waals surface area contributed by atoms with Crippen molar-refractivity contribution in [1.29, 1.82) is 0 Å². The second-order valence-corrected chi connectivity index (χ2v) is 8.30. The molecule has 2 aromatic heterocycles. The van der Waals surface area contributed by atoms with Crippen LogP contribution in [-0.2, 0) is 13.3 Å². The van der Waals surface area contributed by atoms with E-state index in [4.69, 9.17) is 51.1 Å². The van der Waals surface area contributed by atoms with Crippen molar-refractivity contribution in [1.82, 2.24) is 19.6 Å². The highest BCUT2D eigenvalue weighted by molar-refractivity contribution is 6.36. The standard InChI is InChI=1S/C21H15Cl4N5O2/c22-13-4-6-14(7-5-13)32-12-29-9-8-19(27-29)21(31)26-20-18(25)11-30(28-20)10-15-16(23)2-1-3-17(15)24/h1-9,11H,10,12H2,(H,26,28,31). The zero-order valence-corrected chi connectivity index (χ0v) is 19.3. The van der Waals surface area contributed by atoms with Crippen LogP contribution in [-0.4, -0.2) is 25.5 Å². The summed E-state index contributed by atoms with van der Waals surface area (Å²) in [6, 6.07) is 13.7. The Hall–Kier alpha value is -2.71. The van der Waals surface area contributed by atoms with Gasteiger partial charge in [-0.1, -0.05) is 52.5 Å². The molecule has 4 aromatic rings. The fourth-order valence-electron chi connectivity index (χ4n) is 2.81. The van der Waals surface area contributed by atoms with Crippen molar-refractivity contribution in [2.45, 2.75) is 13.3 Å². The average molecular weight is 511 g/mol. The van der Waals surface area contributed by atoms with Gasteiger partial charge in [-0.25, -0.2) is 4.68 Å². The smallest absolute Gasteiger partial charge is 0.277 e. The highest BCUT2D eigenvalue weighted by Gasteiger charge is 2.16. The van der Waals surface area contributed by atoms with Crippen LogP contribution >= 0.6 is 46.4 Å². The normalized spacial score (nSPS) is 10.9. The van der Waals surface area contributed by atoms with E-state index in [0.717, 1.165) is 0 Å². The Morgan fingerprint density at radius 2 is 1.62 bits per heavy atom. The van der Waals surface area contributed by atoms with E-state index >= 15 is 0 Å². The van der Waals surface area contributed by atoms with E-state index in [-0.39, 0.29) is 23.3 Å². The van der Waals surface area contributed by atoms with Gasteiger partial charge in [0, 0.05) is 33.0 Å². The van der Waals surface area contributed by atoms with Crippen molar-refractivity contribution in [2.75, 3.05) is 5.32 Å². The predicted octanol–water partition coefficient (Wildman–Crippen LogP) is 6.03. The molecule has 0 atom stereocenters. The molecule has 0 fully saturated rings. The van der Waals surface area contributed by atoms with E-state index in [1.807, 2.05) is 0 Å². The maximum atomic E-state index is 12.6. The summed E-state index contributed by atoms with van der Waals surface area (Å²) in [5.41, 5.74) is 0.886. The number of carbonyl (C=O) groups is 1. The van der Waals surface area contributed by atoms with Crippen LogP contribution < -0.4 is 10.1 Å². The van der Waals surface area contributed by atoms with E-state index in [2.05, 4.69) is 15.5 Å². The minimum Gasteiger partial charge on any atom is -0.471 e. The molecule has 4 rings (SSSR count). The maximum Gasteiger partial charge on any atom is 0.277 e. The first-order valence-electron chi connectivity index (χ1n) is 9.28. The quantitative estimate of drug-likeness (QED) is 0.329. The van der Waals surface area contributed by atoms with Gasteiger partial charge in [-0.2, -0.15) is 10.2 Å². The Morgan fingerprint density at radius 3 is 2.34 bits per heavy atom. The SMILES string of the molecule is O=C(Nc1nn(Cc2c(Cl)cccc2Cl)cc1Cl)c1ccn(COc2ccc(Cl)cc2)n1. The van der Waals surface area contributed by atoms with Gasteiger partial charge in [0.1, 0.15) is 10.8 Å². The number of nitrogens with zero attached hydrogens (tertiary/aromatic N) is 4. The molecule has 0 aliphatic carbocycles.